The fourth-order valence-electron chi connectivity index (χ4n) is 1.83. The second-order valence-corrected chi connectivity index (χ2v) is 5.90. The van der Waals surface area contributed by atoms with Crippen LogP contribution in [0.15, 0.2) is 28.3 Å². The zero-order valence-electron chi connectivity index (χ0n) is 12.3. The Bertz CT molecular complexity index is 437. The van der Waals surface area contributed by atoms with Crippen LogP contribution in [0.25, 0.3) is 0 Å². The average Bonchev–Trinajstić information content (AvgIpc) is 2.32. The third-order valence-electron chi connectivity index (χ3n) is 2.78. The summed E-state index contributed by atoms with van der Waals surface area (Å²) in [7, 11) is 0. The third-order valence-corrected chi connectivity index (χ3v) is 3.24. The van der Waals surface area contributed by atoms with E-state index in [2.05, 4.69) is 67.2 Å². The van der Waals surface area contributed by atoms with Crippen LogP contribution >= 0.6 is 15.9 Å². The largest absolute Gasteiger partial charge is 0.489 e. The second-order valence-electron chi connectivity index (χ2n) is 4.98. The van der Waals surface area contributed by atoms with E-state index in [-0.39, 0.29) is 0 Å². The number of benzene rings is 1. The van der Waals surface area contributed by atoms with Crippen LogP contribution in [0.3, 0.4) is 0 Å². The van der Waals surface area contributed by atoms with Crippen molar-refractivity contribution < 1.29 is 4.74 Å². The number of halogens is 1. The molecule has 0 fully saturated rings. The molecular weight excluding hydrogens is 302 g/mol. The van der Waals surface area contributed by atoms with Gasteiger partial charge < -0.3 is 10.1 Å². The minimum absolute atomic E-state index is 0.631. The SMILES string of the molecule is CCCNCc1cc(Br)cc(C)c1OCC=C(C)C. The average molecular weight is 326 g/mol. The molecule has 1 rings (SSSR count). The first-order chi connectivity index (χ1) is 9.04. The zero-order valence-corrected chi connectivity index (χ0v) is 13.9. The molecular formula is C16H24BrNO. The first kappa shape index (κ1) is 16.3. The number of nitrogens with one attached hydrogen (secondary N) is 1. The van der Waals surface area contributed by atoms with Gasteiger partial charge in [0.1, 0.15) is 12.4 Å². The Kier molecular flexibility index (Phi) is 7.17. The summed E-state index contributed by atoms with van der Waals surface area (Å²) in [6, 6.07) is 4.23. The van der Waals surface area contributed by atoms with Gasteiger partial charge in [-0.1, -0.05) is 28.4 Å². The van der Waals surface area contributed by atoms with Gasteiger partial charge in [-0.3, -0.25) is 0 Å². The lowest BCUT2D eigenvalue weighted by atomic mass is 10.1. The summed E-state index contributed by atoms with van der Waals surface area (Å²) in [5, 5.41) is 3.43. The Labute approximate surface area is 125 Å². The predicted octanol–water partition coefficient (Wildman–Crippen LogP) is 4.60. The van der Waals surface area contributed by atoms with Crippen LogP contribution in [-0.4, -0.2) is 13.2 Å². The van der Waals surface area contributed by atoms with E-state index in [4.69, 9.17) is 4.74 Å². The van der Waals surface area contributed by atoms with Crippen molar-refractivity contribution in [3.63, 3.8) is 0 Å². The molecule has 0 aliphatic rings. The van der Waals surface area contributed by atoms with E-state index in [0.29, 0.717) is 6.61 Å². The minimum atomic E-state index is 0.631. The lowest BCUT2D eigenvalue weighted by molar-refractivity contribution is 0.354. The molecule has 0 radical (unpaired) electrons. The van der Waals surface area contributed by atoms with Crippen molar-refractivity contribution in [1.29, 1.82) is 0 Å². The standard InChI is InChI=1S/C16H24BrNO/c1-5-7-18-11-14-10-15(17)9-13(4)16(14)19-8-6-12(2)3/h6,9-10,18H,5,7-8,11H2,1-4H3. The van der Waals surface area contributed by atoms with Crippen molar-refractivity contribution in [3.05, 3.63) is 39.4 Å². The summed E-state index contributed by atoms with van der Waals surface area (Å²) < 4.78 is 7.03. The monoisotopic (exact) mass is 325 g/mol. The van der Waals surface area contributed by atoms with Gasteiger partial charge in [0.05, 0.1) is 0 Å². The van der Waals surface area contributed by atoms with Crippen LogP contribution in [0.2, 0.25) is 0 Å². The molecule has 1 aromatic carbocycles. The number of allylic oxidation sites excluding steroid dienone is 1. The molecule has 0 heterocycles. The molecule has 19 heavy (non-hydrogen) atoms. The Balaban J connectivity index is 2.83. The van der Waals surface area contributed by atoms with E-state index in [1.807, 2.05) is 0 Å². The molecule has 0 unspecified atom stereocenters. The number of rotatable bonds is 7. The van der Waals surface area contributed by atoms with Crippen LogP contribution in [-0.2, 0) is 6.54 Å². The summed E-state index contributed by atoms with van der Waals surface area (Å²) in [6.07, 6.45) is 3.24. The smallest absolute Gasteiger partial charge is 0.127 e. The van der Waals surface area contributed by atoms with E-state index in [0.717, 1.165) is 29.7 Å². The molecule has 0 bridgehead atoms. The molecule has 2 nitrogen and oxygen atoms in total. The lowest BCUT2D eigenvalue weighted by Gasteiger charge is -2.14. The maximum Gasteiger partial charge on any atom is 0.127 e. The van der Waals surface area contributed by atoms with Crippen LogP contribution in [0.1, 0.15) is 38.3 Å². The summed E-state index contributed by atoms with van der Waals surface area (Å²) >= 11 is 3.55. The predicted molar refractivity (Wildman–Crippen MR) is 85.8 cm³/mol. The van der Waals surface area contributed by atoms with Crippen LogP contribution in [0, 0.1) is 6.92 Å². The highest BCUT2D eigenvalue weighted by molar-refractivity contribution is 9.10. The Morgan fingerprint density at radius 2 is 2.11 bits per heavy atom. The highest BCUT2D eigenvalue weighted by Crippen LogP contribution is 2.28. The molecule has 1 N–H and O–H groups in total. The Morgan fingerprint density at radius 3 is 2.74 bits per heavy atom. The second kappa shape index (κ2) is 8.39. The molecule has 0 aliphatic carbocycles. The molecule has 0 spiro atoms. The summed E-state index contributed by atoms with van der Waals surface area (Å²) in [4.78, 5) is 0. The highest BCUT2D eigenvalue weighted by atomic mass is 79.9. The number of hydrogen-bond acceptors (Lipinski definition) is 2. The zero-order chi connectivity index (χ0) is 14.3. The molecule has 0 saturated heterocycles. The number of ether oxygens (including phenoxy) is 1. The van der Waals surface area contributed by atoms with Gasteiger partial charge >= 0.3 is 0 Å². The molecule has 0 aliphatic heterocycles. The normalized spacial score (nSPS) is 10.4. The van der Waals surface area contributed by atoms with Crippen LogP contribution in [0.4, 0.5) is 0 Å². The van der Waals surface area contributed by atoms with Gasteiger partial charge in [0.2, 0.25) is 0 Å². The third kappa shape index (κ3) is 5.79. The molecule has 0 aromatic heterocycles. The molecule has 0 saturated carbocycles. The molecule has 1 aromatic rings. The molecule has 0 amide bonds. The highest BCUT2D eigenvalue weighted by Gasteiger charge is 2.08. The molecule has 0 atom stereocenters. The fourth-order valence-corrected chi connectivity index (χ4v) is 2.45. The Hall–Kier alpha value is -0.800. The van der Waals surface area contributed by atoms with Crippen molar-refractivity contribution in [1.82, 2.24) is 5.32 Å². The van der Waals surface area contributed by atoms with Gasteiger partial charge in [-0.2, -0.15) is 0 Å². The van der Waals surface area contributed by atoms with Gasteiger partial charge in [-0.15, -0.1) is 0 Å². The van der Waals surface area contributed by atoms with Gasteiger partial charge in [-0.05, 0) is 57.5 Å². The van der Waals surface area contributed by atoms with Crippen molar-refractivity contribution >= 4 is 15.9 Å². The topological polar surface area (TPSA) is 21.3 Å². The Morgan fingerprint density at radius 1 is 1.37 bits per heavy atom. The van der Waals surface area contributed by atoms with E-state index in [1.165, 1.54) is 16.7 Å². The first-order valence-corrected chi connectivity index (χ1v) is 7.59. The quantitative estimate of drug-likeness (QED) is 0.584. The minimum Gasteiger partial charge on any atom is -0.489 e. The maximum absolute atomic E-state index is 5.93. The van der Waals surface area contributed by atoms with E-state index in [9.17, 15) is 0 Å². The van der Waals surface area contributed by atoms with E-state index in [1.54, 1.807) is 0 Å². The summed E-state index contributed by atoms with van der Waals surface area (Å²) in [5.74, 6) is 1.00. The van der Waals surface area contributed by atoms with Crippen LogP contribution < -0.4 is 10.1 Å². The fraction of sp³-hybridized carbons (Fsp3) is 0.500. The van der Waals surface area contributed by atoms with Gasteiger partial charge in [0, 0.05) is 16.6 Å². The number of aryl methyl sites for hydroxylation is 1. The number of hydrogen-bond donors (Lipinski definition) is 1. The van der Waals surface area contributed by atoms with Crippen molar-refractivity contribution in [2.24, 2.45) is 0 Å². The van der Waals surface area contributed by atoms with Crippen molar-refractivity contribution in [2.45, 2.75) is 40.7 Å². The van der Waals surface area contributed by atoms with Crippen LogP contribution in [0.5, 0.6) is 5.75 Å². The van der Waals surface area contributed by atoms with Crippen molar-refractivity contribution in [3.8, 4) is 5.75 Å². The molecule has 106 valence electrons. The van der Waals surface area contributed by atoms with E-state index >= 15 is 0 Å². The van der Waals surface area contributed by atoms with Crippen molar-refractivity contribution in [2.75, 3.05) is 13.2 Å². The van der Waals surface area contributed by atoms with Gasteiger partial charge in [0.15, 0.2) is 0 Å². The van der Waals surface area contributed by atoms with E-state index < -0.39 is 0 Å². The maximum atomic E-state index is 5.93. The van der Waals surface area contributed by atoms with Gasteiger partial charge in [0.25, 0.3) is 0 Å². The lowest BCUT2D eigenvalue weighted by Crippen LogP contribution is -2.15. The first-order valence-electron chi connectivity index (χ1n) is 6.80. The summed E-state index contributed by atoms with van der Waals surface area (Å²) in [5.41, 5.74) is 3.66. The molecule has 3 heteroatoms. The van der Waals surface area contributed by atoms with Gasteiger partial charge in [-0.25, -0.2) is 0 Å². The summed E-state index contributed by atoms with van der Waals surface area (Å²) in [6.45, 7) is 10.9.